The molecule has 1 saturated heterocycles. The van der Waals surface area contributed by atoms with E-state index in [1.807, 2.05) is 6.07 Å². The van der Waals surface area contributed by atoms with Crippen LogP contribution in [0, 0.1) is 17.1 Å². The average Bonchev–Trinajstić information content (AvgIpc) is 2.84. The molecule has 136 valence electrons. The first kappa shape index (κ1) is 17.8. The molecule has 26 heavy (non-hydrogen) atoms. The van der Waals surface area contributed by atoms with Crippen molar-refractivity contribution in [3.8, 4) is 11.8 Å². The molecule has 1 fully saturated rings. The lowest BCUT2D eigenvalue weighted by Crippen LogP contribution is -2.30. The van der Waals surface area contributed by atoms with Gasteiger partial charge in [0.1, 0.15) is 18.0 Å². The second-order valence-electron chi connectivity index (χ2n) is 5.72. The van der Waals surface area contributed by atoms with Crippen molar-refractivity contribution >= 4 is 38.3 Å². The van der Waals surface area contributed by atoms with Gasteiger partial charge < -0.3 is 10.4 Å². The van der Waals surface area contributed by atoms with Crippen molar-refractivity contribution < 1.29 is 22.7 Å². The van der Waals surface area contributed by atoms with Gasteiger partial charge in [0, 0.05) is 24.0 Å². The fourth-order valence-corrected chi connectivity index (χ4v) is 3.88. The topological polar surface area (TPSA) is 123 Å². The summed E-state index contributed by atoms with van der Waals surface area (Å²) in [6.07, 6.45) is 1.01. The summed E-state index contributed by atoms with van der Waals surface area (Å²) in [5.41, 5.74) is 0.0157. The first-order chi connectivity index (χ1) is 12.3. The number of rotatable bonds is 5. The smallest absolute Gasteiger partial charge is 0.326 e. The molecule has 1 heterocycles. The number of anilines is 2. The van der Waals surface area contributed by atoms with Gasteiger partial charge >= 0.3 is 10.2 Å². The molecule has 0 saturated carbocycles. The van der Waals surface area contributed by atoms with Gasteiger partial charge in [-0.1, -0.05) is 6.07 Å². The lowest BCUT2D eigenvalue weighted by molar-refractivity contribution is -0.117. The Morgan fingerprint density at radius 1 is 1.38 bits per heavy atom. The molecule has 1 aliphatic heterocycles. The summed E-state index contributed by atoms with van der Waals surface area (Å²) in [4.78, 5) is 11.4. The Morgan fingerprint density at radius 2 is 2.15 bits per heavy atom. The molecule has 0 aliphatic carbocycles. The van der Waals surface area contributed by atoms with Gasteiger partial charge in [-0.2, -0.15) is 13.7 Å². The van der Waals surface area contributed by atoms with Crippen LogP contribution in [0.1, 0.15) is 12.8 Å². The van der Waals surface area contributed by atoms with E-state index >= 15 is 0 Å². The van der Waals surface area contributed by atoms with Crippen LogP contribution in [0.4, 0.5) is 15.8 Å². The van der Waals surface area contributed by atoms with Crippen LogP contribution in [0.25, 0.3) is 10.8 Å². The standard InChI is InChI=1S/C16H15FN4O4S/c17-15-12-8-11(19-6-2-1-5-18)4-3-10(12)7-13(22)16(15)21-9-14(23)20-26(21,24)25/h3-4,7-8,19,22H,1-2,6,9H2,(H,20,23). The molecular weight excluding hydrogens is 363 g/mol. The molecule has 3 rings (SSSR count). The minimum atomic E-state index is -4.25. The van der Waals surface area contributed by atoms with E-state index in [-0.39, 0.29) is 5.39 Å². The highest BCUT2D eigenvalue weighted by Gasteiger charge is 2.37. The van der Waals surface area contributed by atoms with Crippen LogP contribution >= 0.6 is 0 Å². The molecule has 1 aliphatic rings. The van der Waals surface area contributed by atoms with Crippen LogP contribution in [0.5, 0.6) is 5.75 Å². The molecule has 8 nitrogen and oxygen atoms in total. The van der Waals surface area contributed by atoms with Crippen molar-refractivity contribution in [3.05, 3.63) is 30.1 Å². The van der Waals surface area contributed by atoms with Gasteiger partial charge in [0.2, 0.25) is 0 Å². The molecule has 0 bridgehead atoms. The SMILES string of the molecule is N#CCCCNc1ccc2cc(O)c(N3CC(=O)NS3(=O)=O)c(F)c2c1. The molecule has 1 amide bonds. The third kappa shape index (κ3) is 3.21. The Hall–Kier alpha value is -3.06. The number of benzene rings is 2. The lowest BCUT2D eigenvalue weighted by Gasteiger charge is -2.18. The van der Waals surface area contributed by atoms with E-state index < -0.39 is 39.9 Å². The highest BCUT2D eigenvalue weighted by atomic mass is 32.2. The number of carbonyl (C=O) groups excluding carboxylic acids is 1. The second kappa shape index (κ2) is 6.68. The summed E-state index contributed by atoms with van der Waals surface area (Å²) in [6, 6.07) is 8.02. The van der Waals surface area contributed by atoms with Gasteiger partial charge in [-0.25, -0.2) is 13.4 Å². The van der Waals surface area contributed by atoms with Crippen LogP contribution in [0.2, 0.25) is 0 Å². The van der Waals surface area contributed by atoms with Gasteiger partial charge in [0.15, 0.2) is 5.82 Å². The van der Waals surface area contributed by atoms with E-state index in [1.165, 1.54) is 12.1 Å². The van der Waals surface area contributed by atoms with Crippen molar-refractivity contribution in [1.29, 1.82) is 5.26 Å². The maximum absolute atomic E-state index is 15.0. The molecule has 0 aromatic heterocycles. The number of hydrogen-bond acceptors (Lipinski definition) is 6. The number of phenols is 1. The normalized spacial score (nSPS) is 15.7. The highest BCUT2D eigenvalue weighted by molar-refractivity contribution is 7.92. The first-order valence-corrected chi connectivity index (χ1v) is 9.17. The fraction of sp³-hybridized carbons (Fsp3) is 0.250. The summed E-state index contributed by atoms with van der Waals surface area (Å²) in [5, 5.41) is 22.2. The van der Waals surface area contributed by atoms with Crippen molar-refractivity contribution in [2.75, 3.05) is 22.7 Å². The average molecular weight is 378 g/mol. The molecule has 3 N–H and O–H groups in total. The number of nitrogens with zero attached hydrogens (tertiary/aromatic N) is 2. The van der Waals surface area contributed by atoms with Crippen LogP contribution in [0.15, 0.2) is 24.3 Å². The van der Waals surface area contributed by atoms with E-state index in [4.69, 9.17) is 5.26 Å². The first-order valence-electron chi connectivity index (χ1n) is 7.73. The number of amides is 1. The third-order valence-electron chi connectivity index (χ3n) is 3.90. The monoisotopic (exact) mass is 378 g/mol. The molecule has 0 atom stereocenters. The number of nitriles is 1. The summed E-state index contributed by atoms with van der Waals surface area (Å²) in [6.45, 7) is -0.0883. The van der Waals surface area contributed by atoms with Gasteiger partial charge in [0.25, 0.3) is 5.91 Å². The Morgan fingerprint density at radius 3 is 2.81 bits per heavy atom. The summed E-state index contributed by atoms with van der Waals surface area (Å²) >= 11 is 0. The number of fused-ring (bicyclic) bond motifs is 1. The van der Waals surface area contributed by atoms with Crippen LogP contribution in [-0.4, -0.2) is 32.5 Å². The van der Waals surface area contributed by atoms with Crippen LogP contribution in [-0.2, 0) is 15.0 Å². The second-order valence-corrected chi connectivity index (χ2v) is 7.31. The van der Waals surface area contributed by atoms with E-state index in [0.29, 0.717) is 34.8 Å². The molecule has 2 aromatic rings. The van der Waals surface area contributed by atoms with Crippen LogP contribution < -0.4 is 14.3 Å². The zero-order valence-electron chi connectivity index (χ0n) is 13.5. The maximum Gasteiger partial charge on any atom is 0.326 e. The number of phenolic OH excluding ortho intramolecular Hbond substituents is 1. The number of unbranched alkanes of at least 4 members (excludes halogenated alkanes) is 1. The minimum absolute atomic E-state index is 0.0950. The van der Waals surface area contributed by atoms with Crippen molar-refractivity contribution in [3.63, 3.8) is 0 Å². The zero-order valence-corrected chi connectivity index (χ0v) is 14.3. The highest BCUT2D eigenvalue weighted by Crippen LogP contribution is 2.39. The number of aromatic hydroxyl groups is 1. The number of hydrogen-bond donors (Lipinski definition) is 3. The minimum Gasteiger partial charge on any atom is -0.506 e. The summed E-state index contributed by atoms with van der Waals surface area (Å²) in [7, 11) is -4.25. The Bertz CT molecular complexity index is 1030. The summed E-state index contributed by atoms with van der Waals surface area (Å²) < 4.78 is 41.2. The fourth-order valence-electron chi connectivity index (χ4n) is 2.72. The Labute approximate surface area is 149 Å². The summed E-state index contributed by atoms with van der Waals surface area (Å²) in [5.74, 6) is -2.33. The van der Waals surface area contributed by atoms with E-state index in [9.17, 15) is 22.7 Å². The lowest BCUT2D eigenvalue weighted by atomic mass is 10.1. The number of halogens is 1. The maximum atomic E-state index is 15.0. The van der Waals surface area contributed by atoms with Gasteiger partial charge in [0.05, 0.1) is 6.07 Å². The molecule has 2 aromatic carbocycles. The zero-order chi connectivity index (χ0) is 18.9. The van der Waals surface area contributed by atoms with Gasteiger partial charge in [-0.05, 0) is 30.0 Å². The number of nitrogens with one attached hydrogen (secondary N) is 2. The molecule has 0 radical (unpaired) electrons. The predicted molar refractivity (Wildman–Crippen MR) is 93.3 cm³/mol. The quantitative estimate of drug-likeness (QED) is 0.679. The third-order valence-corrected chi connectivity index (χ3v) is 5.27. The predicted octanol–water partition coefficient (Wildman–Crippen LogP) is 1.58. The largest absolute Gasteiger partial charge is 0.506 e. The van der Waals surface area contributed by atoms with Crippen LogP contribution in [0.3, 0.4) is 0 Å². The van der Waals surface area contributed by atoms with Gasteiger partial charge in [-0.15, -0.1) is 0 Å². The Kier molecular flexibility index (Phi) is 4.56. The molecule has 0 spiro atoms. The van der Waals surface area contributed by atoms with E-state index in [0.717, 1.165) is 0 Å². The molecular formula is C16H15FN4O4S. The van der Waals surface area contributed by atoms with Crippen molar-refractivity contribution in [1.82, 2.24) is 4.72 Å². The van der Waals surface area contributed by atoms with E-state index in [1.54, 1.807) is 16.9 Å². The van der Waals surface area contributed by atoms with Gasteiger partial charge in [-0.3, -0.25) is 4.79 Å². The van der Waals surface area contributed by atoms with E-state index in [2.05, 4.69) is 5.32 Å². The Balaban J connectivity index is 2.03. The van der Waals surface area contributed by atoms with Crippen molar-refractivity contribution in [2.45, 2.75) is 12.8 Å². The molecule has 10 heteroatoms. The molecule has 0 unspecified atom stereocenters. The number of carbonyl (C=O) groups is 1. The van der Waals surface area contributed by atoms with Crippen molar-refractivity contribution in [2.24, 2.45) is 0 Å².